The Hall–Kier alpha value is -5.57. The number of nitrogens with one attached hydrogen (secondary N) is 4. The van der Waals surface area contributed by atoms with Crippen LogP contribution in [0.3, 0.4) is 0 Å². The second-order valence-electron chi connectivity index (χ2n) is 13.7. The van der Waals surface area contributed by atoms with Crippen molar-refractivity contribution in [1.29, 1.82) is 0 Å². The minimum atomic E-state index is -1.36. The van der Waals surface area contributed by atoms with Crippen LogP contribution in [0.5, 0.6) is 5.75 Å². The summed E-state index contributed by atoms with van der Waals surface area (Å²) in [4.78, 5) is 83.8. The molecule has 2 aromatic carbocycles. The monoisotopic (exact) mass is 745 g/mol. The maximum atomic E-state index is 14.1. The van der Waals surface area contributed by atoms with Gasteiger partial charge in [0.05, 0.1) is 6.42 Å². The van der Waals surface area contributed by atoms with Crippen LogP contribution in [0.25, 0.3) is 10.8 Å². The number of fused-ring (bicyclic) bond motifs is 1. The van der Waals surface area contributed by atoms with Crippen molar-refractivity contribution < 1.29 is 38.6 Å². The Bertz CT molecular complexity index is 1780. The molecule has 2 atom stereocenters. The molecule has 0 spiro atoms. The Labute approximate surface area is 314 Å². The van der Waals surface area contributed by atoms with Gasteiger partial charge in [-0.3, -0.25) is 33.8 Å². The van der Waals surface area contributed by atoms with E-state index in [4.69, 9.17) is 10.5 Å². The van der Waals surface area contributed by atoms with Crippen LogP contribution in [-0.2, 0) is 46.3 Å². The highest BCUT2D eigenvalue weighted by Crippen LogP contribution is 2.24. The molecule has 1 aromatic heterocycles. The first kappa shape index (κ1) is 41.2. The van der Waals surface area contributed by atoms with Gasteiger partial charge in [0.25, 0.3) is 0 Å². The van der Waals surface area contributed by atoms with Crippen LogP contribution in [0.15, 0.2) is 60.9 Å². The SMILES string of the molecule is CC(=O)N(C)CCCC[C@H](NC(=O)C1(NC(=O)CCc2ccc3cc(O)ccc3c2)CCOCC1)C(=O)N[C@@H](CC(N)=O)C(=O)NCCc1cccnc1. The fourth-order valence-corrected chi connectivity index (χ4v) is 6.26. The zero-order chi connectivity index (χ0) is 39.1. The molecule has 0 bridgehead atoms. The molecule has 0 radical (unpaired) electrons. The number of aromatic nitrogens is 1. The number of phenols is 1. The summed E-state index contributed by atoms with van der Waals surface area (Å²) in [6.07, 6.45) is 5.26. The minimum absolute atomic E-state index is 0.0950. The largest absolute Gasteiger partial charge is 0.508 e. The molecule has 1 aliphatic rings. The first-order valence-corrected chi connectivity index (χ1v) is 18.2. The third-order valence-corrected chi connectivity index (χ3v) is 9.56. The summed E-state index contributed by atoms with van der Waals surface area (Å²) in [7, 11) is 1.67. The normalized spacial score (nSPS) is 14.6. The van der Waals surface area contributed by atoms with Gasteiger partial charge < -0.3 is 41.7 Å². The molecule has 0 saturated carbocycles. The predicted octanol–water partition coefficient (Wildman–Crippen LogP) is 1.39. The zero-order valence-corrected chi connectivity index (χ0v) is 30.9. The van der Waals surface area contributed by atoms with E-state index in [9.17, 15) is 33.9 Å². The Morgan fingerprint density at radius 1 is 0.926 bits per heavy atom. The summed E-state index contributed by atoms with van der Waals surface area (Å²) in [5.74, 6) is -2.98. The number of primary amides is 1. The van der Waals surface area contributed by atoms with Gasteiger partial charge in [0, 0.05) is 71.9 Å². The summed E-state index contributed by atoms with van der Waals surface area (Å²) in [5, 5.41) is 22.7. The number of aryl methyl sites for hydroxylation is 1. The number of nitrogens with two attached hydrogens (primary N) is 1. The molecular weight excluding hydrogens is 694 g/mol. The number of pyridine rings is 1. The number of benzene rings is 2. The Morgan fingerprint density at radius 2 is 1.67 bits per heavy atom. The number of carbonyl (C=O) groups is 6. The van der Waals surface area contributed by atoms with Crippen molar-refractivity contribution >= 4 is 46.2 Å². The summed E-state index contributed by atoms with van der Waals surface area (Å²) >= 11 is 0. The third-order valence-electron chi connectivity index (χ3n) is 9.56. The molecule has 7 N–H and O–H groups in total. The highest BCUT2D eigenvalue weighted by molar-refractivity contribution is 5.97. The van der Waals surface area contributed by atoms with Crippen molar-refractivity contribution in [2.24, 2.45) is 5.73 Å². The van der Waals surface area contributed by atoms with Crippen molar-refractivity contribution in [1.82, 2.24) is 31.2 Å². The molecule has 15 heteroatoms. The molecule has 3 aromatic rings. The van der Waals surface area contributed by atoms with Gasteiger partial charge in [0.2, 0.25) is 35.4 Å². The number of hydrogen-bond donors (Lipinski definition) is 6. The number of unbranched alkanes of at least 4 members (excludes halogenated alkanes) is 1. The highest BCUT2D eigenvalue weighted by Gasteiger charge is 2.43. The van der Waals surface area contributed by atoms with Crippen LogP contribution in [0.4, 0.5) is 0 Å². The molecule has 1 saturated heterocycles. The van der Waals surface area contributed by atoms with E-state index in [-0.39, 0.29) is 63.0 Å². The van der Waals surface area contributed by atoms with Gasteiger partial charge in [-0.25, -0.2) is 0 Å². The van der Waals surface area contributed by atoms with Gasteiger partial charge in [-0.2, -0.15) is 0 Å². The number of carbonyl (C=O) groups excluding carboxylic acids is 6. The third kappa shape index (κ3) is 12.5. The van der Waals surface area contributed by atoms with E-state index in [1.165, 1.54) is 6.92 Å². The van der Waals surface area contributed by atoms with E-state index in [0.717, 1.165) is 21.9 Å². The van der Waals surface area contributed by atoms with Gasteiger partial charge in [-0.05, 0) is 72.2 Å². The van der Waals surface area contributed by atoms with Crippen molar-refractivity contribution in [3.63, 3.8) is 0 Å². The smallest absolute Gasteiger partial charge is 0.246 e. The van der Waals surface area contributed by atoms with E-state index < -0.39 is 47.7 Å². The molecule has 1 aliphatic heterocycles. The summed E-state index contributed by atoms with van der Waals surface area (Å²) in [5.41, 5.74) is 5.88. The average Bonchev–Trinajstić information content (AvgIpc) is 3.15. The average molecular weight is 746 g/mol. The number of hydrogen-bond acceptors (Lipinski definition) is 9. The summed E-state index contributed by atoms with van der Waals surface area (Å²) < 4.78 is 5.53. The van der Waals surface area contributed by atoms with Crippen molar-refractivity contribution in [2.75, 3.05) is 33.4 Å². The van der Waals surface area contributed by atoms with Crippen LogP contribution >= 0.6 is 0 Å². The molecule has 290 valence electrons. The number of amides is 6. The van der Waals surface area contributed by atoms with Crippen LogP contribution in [0, 0.1) is 0 Å². The Kier molecular flexibility index (Phi) is 15.3. The van der Waals surface area contributed by atoms with Gasteiger partial charge >= 0.3 is 0 Å². The second kappa shape index (κ2) is 20.0. The fourth-order valence-electron chi connectivity index (χ4n) is 6.26. The second-order valence-corrected chi connectivity index (χ2v) is 13.7. The number of rotatable bonds is 19. The molecular formula is C39H51N7O8. The van der Waals surface area contributed by atoms with Crippen LogP contribution in [0.2, 0.25) is 0 Å². The lowest BCUT2D eigenvalue weighted by atomic mass is 9.87. The molecule has 1 fully saturated rings. The van der Waals surface area contributed by atoms with Crippen LogP contribution < -0.4 is 27.0 Å². The number of aromatic hydroxyl groups is 1. The van der Waals surface area contributed by atoms with E-state index in [1.54, 1.807) is 48.6 Å². The van der Waals surface area contributed by atoms with Crippen molar-refractivity contribution in [2.45, 2.75) is 82.3 Å². The first-order chi connectivity index (χ1) is 25.8. The van der Waals surface area contributed by atoms with Gasteiger partial charge in [-0.1, -0.05) is 30.3 Å². The van der Waals surface area contributed by atoms with Gasteiger partial charge in [-0.15, -0.1) is 0 Å². The zero-order valence-electron chi connectivity index (χ0n) is 30.9. The Morgan fingerprint density at radius 3 is 2.37 bits per heavy atom. The first-order valence-electron chi connectivity index (χ1n) is 18.2. The number of phenolic OH excluding ortho intramolecular Hbond substituents is 1. The topological polar surface area (TPSA) is 222 Å². The Balaban J connectivity index is 1.45. The van der Waals surface area contributed by atoms with Crippen molar-refractivity contribution in [3.8, 4) is 5.75 Å². The van der Waals surface area contributed by atoms with Gasteiger partial charge in [0.15, 0.2) is 0 Å². The standard InChI is InChI=1S/C39H51N7O8/c1-26(47)46(2)19-4-3-7-32(37(52)43-33(24-34(40)49)36(51)42-18-14-28-6-5-17-41-25-28)44-38(53)39(15-20-54-21-16-39)45-35(50)13-9-27-8-10-30-23-31(48)12-11-29(30)22-27/h5-6,8,10-12,17,22-23,25,32-33,48H,3-4,7,9,13-16,18-21,24H2,1-2H3,(H2,40,49)(H,42,51)(H,43,52)(H,44,53)(H,45,50)/t32-,33-/m0/s1. The molecule has 0 unspecified atom stereocenters. The number of nitrogens with zero attached hydrogens (tertiary/aromatic N) is 2. The molecule has 0 aliphatic carbocycles. The van der Waals surface area contributed by atoms with E-state index in [0.29, 0.717) is 32.2 Å². The lowest BCUT2D eigenvalue weighted by molar-refractivity contribution is -0.140. The molecule has 2 heterocycles. The van der Waals surface area contributed by atoms with Crippen LogP contribution in [-0.4, -0.2) is 101 Å². The quantitative estimate of drug-likeness (QED) is 0.0975. The molecule has 15 nitrogen and oxygen atoms in total. The fraction of sp³-hybridized carbons (Fsp3) is 0.462. The minimum Gasteiger partial charge on any atom is -0.508 e. The summed E-state index contributed by atoms with van der Waals surface area (Å²) in [6.45, 7) is 2.51. The number of ether oxygens (including phenoxy) is 1. The maximum absolute atomic E-state index is 14.1. The lowest BCUT2D eigenvalue weighted by Crippen LogP contribution is -2.64. The molecule has 54 heavy (non-hydrogen) atoms. The maximum Gasteiger partial charge on any atom is 0.246 e. The molecule has 6 amide bonds. The van der Waals surface area contributed by atoms with E-state index in [2.05, 4.69) is 26.3 Å². The van der Waals surface area contributed by atoms with Crippen LogP contribution in [0.1, 0.15) is 63.0 Å². The highest BCUT2D eigenvalue weighted by atomic mass is 16.5. The van der Waals surface area contributed by atoms with E-state index >= 15 is 0 Å². The van der Waals surface area contributed by atoms with E-state index in [1.807, 2.05) is 24.3 Å². The van der Waals surface area contributed by atoms with Crippen molar-refractivity contribution in [3.05, 3.63) is 72.1 Å². The summed E-state index contributed by atoms with van der Waals surface area (Å²) in [6, 6.07) is 12.0. The van der Waals surface area contributed by atoms with Gasteiger partial charge in [0.1, 0.15) is 23.4 Å². The molecule has 4 rings (SSSR count). The predicted molar refractivity (Wildman–Crippen MR) is 201 cm³/mol. The lowest BCUT2D eigenvalue weighted by Gasteiger charge is -2.37.